The molecule has 1 aromatic rings. The fourth-order valence-electron chi connectivity index (χ4n) is 3.68. The maximum Gasteiger partial charge on any atom is 0.326 e. The molecule has 4 atom stereocenters. The molecule has 0 aliphatic carbocycles. The van der Waals surface area contributed by atoms with Gasteiger partial charge in [-0.3, -0.25) is 19.2 Å². The second kappa shape index (κ2) is 12.9. The van der Waals surface area contributed by atoms with Crippen LogP contribution in [0.15, 0.2) is 18.2 Å². The van der Waals surface area contributed by atoms with E-state index in [-0.39, 0.29) is 34.9 Å². The van der Waals surface area contributed by atoms with Crippen molar-refractivity contribution in [2.24, 2.45) is 5.73 Å². The number of rotatable bonds is 7. The number of carbonyl (C=O) groups is 5. The lowest BCUT2D eigenvalue weighted by Gasteiger charge is -2.25. The van der Waals surface area contributed by atoms with Crippen LogP contribution in [0.25, 0.3) is 0 Å². The molecule has 15 heteroatoms. The van der Waals surface area contributed by atoms with Crippen LogP contribution in [0.1, 0.15) is 44.0 Å². The number of likely N-dealkylation sites (tertiary alicyclic amines) is 1. The number of esters is 1. The van der Waals surface area contributed by atoms with E-state index in [0.717, 1.165) is 0 Å². The molecule has 2 saturated heterocycles. The number of carbonyl (C=O) groups excluding carboxylic acids is 4. The van der Waals surface area contributed by atoms with Gasteiger partial charge in [0, 0.05) is 25.5 Å². The first-order chi connectivity index (χ1) is 17.6. The molecule has 12 nitrogen and oxygen atoms in total. The maximum atomic E-state index is 13.5. The third kappa shape index (κ3) is 8.33. The van der Waals surface area contributed by atoms with Gasteiger partial charge in [-0.05, 0) is 32.0 Å². The molecule has 2 aliphatic rings. The SMILES string of the molecule is CC(=O)Nc1ccc(C(=O)NC(C)C(=O)N2CC(F)(F)CC2C(=O)O)cc1Cl.CCOC1OC(=O)CC1N. The van der Waals surface area contributed by atoms with Crippen molar-refractivity contribution in [3.8, 4) is 0 Å². The number of carboxylic acid groups (broad SMARTS) is 1. The summed E-state index contributed by atoms with van der Waals surface area (Å²) in [5.41, 5.74) is 5.84. The highest BCUT2D eigenvalue weighted by Crippen LogP contribution is 2.32. The minimum atomic E-state index is -3.31. The number of cyclic esters (lactones) is 1. The molecule has 2 fully saturated rings. The van der Waals surface area contributed by atoms with Gasteiger partial charge in [0.15, 0.2) is 0 Å². The van der Waals surface area contributed by atoms with Gasteiger partial charge in [0.25, 0.3) is 11.8 Å². The van der Waals surface area contributed by atoms with Crippen LogP contribution < -0.4 is 16.4 Å². The van der Waals surface area contributed by atoms with Crippen LogP contribution in [0, 0.1) is 0 Å². The van der Waals surface area contributed by atoms with Crippen LogP contribution in [0.4, 0.5) is 14.5 Å². The van der Waals surface area contributed by atoms with E-state index >= 15 is 0 Å². The van der Waals surface area contributed by atoms with Gasteiger partial charge in [-0.1, -0.05) is 11.6 Å². The standard InChI is InChI=1S/C17H18ClF2N3O5.C6H11NO3/c1-8(15(26)23-7-17(19,20)6-13(23)16(27)28)21-14(25)10-3-4-12(11(18)5-10)22-9(2)24;1-2-9-6-4(7)3-5(8)10-6/h3-5,8,13H,6-7H2,1-2H3,(H,21,25)(H,22,24)(H,27,28);4,6H,2-3,7H2,1H3. The number of hydrogen-bond acceptors (Lipinski definition) is 8. The monoisotopic (exact) mass is 562 g/mol. The second-order valence-corrected chi connectivity index (χ2v) is 9.04. The quantitative estimate of drug-likeness (QED) is 0.357. The van der Waals surface area contributed by atoms with Crippen LogP contribution in [0.5, 0.6) is 0 Å². The predicted molar refractivity (Wildman–Crippen MR) is 129 cm³/mol. The van der Waals surface area contributed by atoms with E-state index < -0.39 is 55.0 Å². The molecule has 0 aromatic heterocycles. The molecule has 0 bridgehead atoms. The molecule has 2 heterocycles. The van der Waals surface area contributed by atoms with Gasteiger partial charge < -0.3 is 35.8 Å². The lowest BCUT2D eigenvalue weighted by molar-refractivity contribution is -0.162. The van der Waals surface area contributed by atoms with Crippen molar-refractivity contribution in [3.63, 3.8) is 0 Å². The number of hydrogen-bond donors (Lipinski definition) is 4. The highest BCUT2D eigenvalue weighted by Gasteiger charge is 2.50. The zero-order chi connectivity index (χ0) is 28.8. The maximum absolute atomic E-state index is 13.5. The molecular formula is C23H29ClF2N4O8. The van der Waals surface area contributed by atoms with E-state index in [1.54, 1.807) is 0 Å². The molecular weight excluding hydrogens is 534 g/mol. The Morgan fingerprint density at radius 1 is 1.34 bits per heavy atom. The van der Waals surface area contributed by atoms with Crippen molar-refractivity contribution in [1.82, 2.24) is 10.2 Å². The fraction of sp³-hybridized carbons (Fsp3) is 0.522. The molecule has 0 saturated carbocycles. The Labute approximate surface area is 221 Å². The summed E-state index contributed by atoms with van der Waals surface area (Å²) in [6, 6.07) is 0.835. The number of aliphatic carboxylic acids is 1. The summed E-state index contributed by atoms with van der Waals surface area (Å²) in [7, 11) is 0. The molecule has 0 radical (unpaired) electrons. The first kappa shape index (κ1) is 30.9. The summed E-state index contributed by atoms with van der Waals surface area (Å²) >= 11 is 5.99. The first-order valence-electron chi connectivity index (χ1n) is 11.5. The van der Waals surface area contributed by atoms with Crippen molar-refractivity contribution in [2.75, 3.05) is 18.5 Å². The van der Waals surface area contributed by atoms with Crippen molar-refractivity contribution >= 4 is 46.9 Å². The molecule has 2 aliphatic heterocycles. The van der Waals surface area contributed by atoms with E-state index in [1.807, 2.05) is 6.92 Å². The van der Waals surface area contributed by atoms with Crippen LogP contribution in [-0.2, 0) is 28.7 Å². The van der Waals surface area contributed by atoms with E-state index in [0.29, 0.717) is 17.2 Å². The number of carboxylic acids is 1. The second-order valence-electron chi connectivity index (χ2n) is 8.63. The molecule has 3 rings (SSSR count). The number of halogens is 3. The molecule has 5 N–H and O–H groups in total. The lowest BCUT2D eigenvalue weighted by atomic mass is 10.1. The smallest absolute Gasteiger partial charge is 0.326 e. The van der Waals surface area contributed by atoms with Gasteiger partial charge in [-0.15, -0.1) is 0 Å². The first-order valence-corrected chi connectivity index (χ1v) is 11.9. The van der Waals surface area contributed by atoms with E-state index in [2.05, 4.69) is 10.6 Å². The molecule has 38 heavy (non-hydrogen) atoms. The molecule has 210 valence electrons. The molecule has 4 unspecified atom stereocenters. The predicted octanol–water partition coefficient (Wildman–Crippen LogP) is 1.36. The summed E-state index contributed by atoms with van der Waals surface area (Å²) in [5, 5.41) is 14.0. The fourth-order valence-corrected chi connectivity index (χ4v) is 3.91. The Bertz CT molecular complexity index is 1090. The van der Waals surface area contributed by atoms with Gasteiger partial charge in [0.1, 0.15) is 12.1 Å². The van der Waals surface area contributed by atoms with Crippen LogP contribution in [0.2, 0.25) is 5.02 Å². The van der Waals surface area contributed by atoms with Crippen LogP contribution in [0.3, 0.4) is 0 Å². The number of ether oxygens (including phenoxy) is 2. The zero-order valence-corrected chi connectivity index (χ0v) is 21.6. The van der Waals surface area contributed by atoms with Crippen LogP contribution >= 0.6 is 11.6 Å². The number of amides is 3. The number of nitrogens with one attached hydrogen (secondary N) is 2. The third-order valence-corrected chi connectivity index (χ3v) is 5.74. The van der Waals surface area contributed by atoms with Gasteiger partial charge in [-0.2, -0.15) is 0 Å². The normalized spacial score (nSPS) is 22.6. The summed E-state index contributed by atoms with van der Waals surface area (Å²) in [4.78, 5) is 58.0. The topological polar surface area (TPSA) is 177 Å². The Morgan fingerprint density at radius 2 is 2.00 bits per heavy atom. The summed E-state index contributed by atoms with van der Waals surface area (Å²) < 4.78 is 36.8. The zero-order valence-electron chi connectivity index (χ0n) is 20.8. The van der Waals surface area contributed by atoms with E-state index in [4.69, 9.17) is 31.9 Å². The van der Waals surface area contributed by atoms with Crippen molar-refractivity contribution in [3.05, 3.63) is 28.8 Å². The summed E-state index contributed by atoms with van der Waals surface area (Å²) in [5.74, 6) is -7.12. The minimum absolute atomic E-state index is 0.0697. The number of nitrogens with two attached hydrogens (primary N) is 1. The highest BCUT2D eigenvalue weighted by molar-refractivity contribution is 6.34. The van der Waals surface area contributed by atoms with E-state index in [9.17, 15) is 32.8 Å². The van der Waals surface area contributed by atoms with Crippen molar-refractivity contribution in [1.29, 1.82) is 0 Å². The van der Waals surface area contributed by atoms with E-state index in [1.165, 1.54) is 32.0 Å². The Balaban J connectivity index is 0.000000423. The largest absolute Gasteiger partial charge is 0.480 e. The number of nitrogens with zero attached hydrogens (tertiary/aromatic N) is 1. The summed E-state index contributed by atoms with van der Waals surface area (Å²) in [6.07, 6.45) is -1.22. The van der Waals surface area contributed by atoms with Gasteiger partial charge >= 0.3 is 11.9 Å². The number of alkyl halides is 2. The Hall–Kier alpha value is -3.36. The number of anilines is 1. The molecule has 1 aromatic carbocycles. The van der Waals surface area contributed by atoms with Crippen molar-refractivity contribution in [2.45, 2.75) is 64.0 Å². The van der Waals surface area contributed by atoms with Gasteiger partial charge in [-0.25, -0.2) is 13.6 Å². The average molecular weight is 563 g/mol. The third-order valence-electron chi connectivity index (χ3n) is 5.43. The summed E-state index contributed by atoms with van der Waals surface area (Å²) in [6.45, 7) is 3.88. The average Bonchev–Trinajstić information content (AvgIpc) is 3.31. The Morgan fingerprint density at radius 3 is 2.50 bits per heavy atom. The van der Waals surface area contributed by atoms with Gasteiger partial charge in [0.2, 0.25) is 18.1 Å². The minimum Gasteiger partial charge on any atom is -0.480 e. The van der Waals surface area contributed by atoms with Gasteiger partial charge in [0.05, 0.1) is 29.7 Å². The number of benzene rings is 1. The lowest BCUT2D eigenvalue weighted by Crippen LogP contribution is -2.50. The molecule has 3 amide bonds. The Kier molecular flexibility index (Phi) is 10.5. The highest BCUT2D eigenvalue weighted by atomic mass is 35.5. The molecule has 0 spiro atoms. The van der Waals surface area contributed by atoms with Crippen LogP contribution in [-0.4, -0.2) is 83.2 Å². The van der Waals surface area contributed by atoms with Crippen molar-refractivity contribution < 1.29 is 47.3 Å².